The lowest BCUT2D eigenvalue weighted by Gasteiger charge is -2.09. The van der Waals surface area contributed by atoms with Crippen molar-refractivity contribution in [2.24, 2.45) is 0 Å². The normalized spacial score (nSPS) is 10.6. The Bertz CT molecular complexity index is 549. The first-order valence-electron chi connectivity index (χ1n) is 6.30. The summed E-state index contributed by atoms with van der Waals surface area (Å²) in [5.74, 6) is 1.43. The highest BCUT2D eigenvalue weighted by Crippen LogP contribution is 2.16. The van der Waals surface area contributed by atoms with E-state index < -0.39 is 0 Å². The lowest BCUT2D eigenvalue weighted by atomic mass is 10.3. The molecule has 0 aliphatic rings. The highest BCUT2D eigenvalue weighted by Gasteiger charge is 2.01. The molecule has 2 rings (SSSR count). The van der Waals surface area contributed by atoms with Gasteiger partial charge in [0.2, 0.25) is 5.95 Å². The molecule has 0 spiro atoms. The van der Waals surface area contributed by atoms with Crippen molar-refractivity contribution in [1.29, 1.82) is 0 Å². The van der Waals surface area contributed by atoms with Gasteiger partial charge < -0.3 is 10.6 Å². The molecule has 98 valence electrons. The van der Waals surface area contributed by atoms with Crippen LogP contribution in [-0.2, 0) is 0 Å². The van der Waals surface area contributed by atoms with Gasteiger partial charge in [0.05, 0.1) is 0 Å². The number of benzene rings is 1. The molecule has 0 fully saturated rings. The van der Waals surface area contributed by atoms with Gasteiger partial charge in [-0.1, -0.05) is 30.4 Å². The molecule has 1 heterocycles. The third kappa shape index (κ3) is 4.10. The number of nitrogens with zero attached hydrogens (tertiary/aromatic N) is 2. The standard InChI is InChI=1S/C15H18N4/c1-3-4-10-16-15-17-12(2)11-14(19-15)18-13-8-6-5-7-9-13/h3-9,11H,10H2,1-2H3,(H2,16,17,18,19)/b4-3+. The fourth-order valence-corrected chi connectivity index (χ4v) is 1.65. The molecule has 0 aliphatic heterocycles. The number of aryl methyl sites for hydroxylation is 1. The average molecular weight is 254 g/mol. The highest BCUT2D eigenvalue weighted by atomic mass is 15.1. The fourth-order valence-electron chi connectivity index (χ4n) is 1.65. The second-order valence-corrected chi connectivity index (χ2v) is 4.16. The van der Waals surface area contributed by atoms with Gasteiger partial charge in [-0.2, -0.15) is 4.98 Å². The van der Waals surface area contributed by atoms with Crippen molar-refractivity contribution in [3.8, 4) is 0 Å². The number of anilines is 3. The van der Waals surface area contributed by atoms with Gasteiger partial charge in [0.25, 0.3) is 0 Å². The molecule has 0 bridgehead atoms. The lowest BCUT2D eigenvalue weighted by Crippen LogP contribution is -2.06. The minimum absolute atomic E-state index is 0.636. The van der Waals surface area contributed by atoms with E-state index in [0.29, 0.717) is 5.95 Å². The molecule has 0 saturated carbocycles. The molecule has 4 nitrogen and oxygen atoms in total. The summed E-state index contributed by atoms with van der Waals surface area (Å²) >= 11 is 0. The number of hydrogen-bond donors (Lipinski definition) is 2. The Balaban J connectivity index is 2.12. The maximum atomic E-state index is 4.43. The van der Waals surface area contributed by atoms with E-state index in [9.17, 15) is 0 Å². The second-order valence-electron chi connectivity index (χ2n) is 4.16. The molecule has 4 heteroatoms. The minimum atomic E-state index is 0.636. The smallest absolute Gasteiger partial charge is 0.225 e. The molecular formula is C15H18N4. The van der Waals surface area contributed by atoms with E-state index in [2.05, 4.69) is 20.6 Å². The molecule has 2 aromatic rings. The number of aromatic nitrogens is 2. The summed E-state index contributed by atoms with van der Waals surface area (Å²) in [4.78, 5) is 8.78. The van der Waals surface area contributed by atoms with Gasteiger partial charge >= 0.3 is 0 Å². The van der Waals surface area contributed by atoms with Crippen LogP contribution >= 0.6 is 0 Å². The molecule has 0 saturated heterocycles. The first-order chi connectivity index (χ1) is 9.28. The average Bonchev–Trinajstić information content (AvgIpc) is 2.39. The lowest BCUT2D eigenvalue weighted by molar-refractivity contribution is 1.08. The van der Waals surface area contributed by atoms with Crippen molar-refractivity contribution >= 4 is 17.5 Å². The van der Waals surface area contributed by atoms with E-state index >= 15 is 0 Å². The number of rotatable bonds is 5. The van der Waals surface area contributed by atoms with Crippen molar-refractivity contribution in [2.75, 3.05) is 17.2 Å². The Hall–Kier alpha value is -2.36. The Morgan fingerprint density at radius 3 is 2.68 bits per heavy atom. The van der Waals surface area contributed by atoms with Gasteiger partial charge in [0, 0.05) is 24.0 Å². The molecule has 0 aliphatic carbocycles. The monoisotopic (exact) mass is 254 g/mol. The van der Waals surface area contributed by atoms with Crippen molar-refractivity contribution in [3.05, 3.63) is 54.2 Å². The summed E-state index contributed by atoms with van der Waals surface area (Å²) in [6, 6.07) is 11.9. The van der Waals surface area contributed by atoms with Crippen LogP contribution in [0.25, 0.3) is 0 Å². The molecular weight excluding hydrogens is 236 g/mol. The predicted molar refractivity (Wildman–Crippen MR) is 79.8 cm³/mol. The van der Waals surface area contributed by atoms with Crippen molar-refractivity contribution in [3.63, 3.8) is 0 Å². The predicted octanol–water partition coefficient (Wildman–Crippen LogP) is 3.52. The van der Waals surface area contributed by atoms with E-state index in [4.69, 9.17) is 0 Å². The van der Waals surface area contributed by atoms with Crippen molar-refractivity contribution in [1.82, 2.24) is 9.97 Å². The Labute approximate surface area is 113 Å². The van der Waals surface area contributed by atoms with Gasteiger partial charge in [-0.25, -0.2) is 4.98 Å². The Morgan fingerprint density at radius 1 is 1.16 bits per heavy atom. The Kier molecular flexibility index (Phi) is 4.50. The first kappa shape index (κ1) is 13.1. The zero-order valence-electron chi connectivity index (χ0n) is 11.2. The number of para-hydroxylation sites is 1. The van der Waals surface area contributed by atoms with Crippen LogP contribution in [-0.4, -0.2) is 16.5 Å². The SMILES string of the molecule is C/C=C/CNc1nc(C)cc(Nc2ccccc2)n1. The maximum absolute atomic E-state index is 4.43. The maximum Gasteiger partial charge on any atom is 0.225 e. The second kappa shape index (κ2) is 6.54. The summed E-state index contributed by atoms with van der Waals surface area (Å²) in [5, 5.41) is 6.43. The summed E-state index contributed by atoms with van der Waals surface area (Å²) in [7, 11) is 0. The van der Waals surface area contributed by atoms with Gasteiger partial charge in [-0.3, -0.25) is 0 Å². The topological polar surface area (TPSA) is 49.8 Å². The van der Waals surface area contributed by atoms with E-state index in [1.807, 2.05) is 62.4 Å². The van der Waals surface area contributed by atoms with Crippen molar-refractivity contribution < 1.29 is 0 Å². The third-order valence-corrected chi connectivity index (χ3v) is 2.51. The van der Waals surface area contributed by atoms with Gasteiger partial charge in [-0.15, -0.1) is 0 Å². The molecule has 2 N–H and O–H groups in total. The molecule has 1 aromatic carbocycles. The summed E-state index contributed by atoms with van der Waals surface area (Å²) in [6.45, 7) is 4.67. The molecule has 0 amide bonds. The summed E-state index contributed by atoms with van der Waals surface area (Å²) in [6.07, 6.45) is 4.02. The largest absolute Gasteiger partial charge is 0.351 e. The Morgan fingerprint density at radius 2 is 1.95 bits per heavy atom. The quantitative estimate of drug-likeness (QED) is 0.802. The van der Waals surface area contributed by atoms with E-state index in [1.165, 1.54) is 0 Å². The molecule has 0 unspecified atom stereocenters. The minimum Gasteiger partial charge on any atom is -0.351 e. The van der Waals surface area contributed by atoms with E-state index in [0.717, 1.165) is 23.7 Å². The van der Waals surface area contributed by atoms with Crippen molar-refractivity contribution in [2.45, 2.75) is 13.8 Å². The van der Waals surface area contributed by atoms with Crippen LogP contribution in [0.3, 0.4) is 0 Å². The van der Waals surface area contributed by atoms with Gasteiger partial charge in [0.1, 0.15) is 5.82 Å². The van der Waals surface area contributed by atoms with Crippen LogP contribution in [0.4, 0.5) is 17.5 Å². The zero-order valence-corrected chi connectivity index (χ0v) is 11.2. The summed E-state index contributed by atoms with van der Waals surface area (Å²) in [5.41, 5.74) is 1.94. The fraction of sp³-hybridized carbons (Fsp3) is 0.200. The van der Waals surface area contributed by atoms with E-state index in [1.54, 1.807) is 0 Å². The van der Waals surface area contributed by atoms with Crippen LogP contribution in [0.1, 0.15) is 12.6 Å². The third-order valence-electron chi connectivity index (χ3n) is 2.51. The van der Waals surface area contributed by atoms with Crippen LogP contribution in [0.5, 0.6) is 0 Å². The summed E-state index contributed by atoms with van der Waals surface area (Å²) < 4.78 is 0. The number of allylic oxidation sites excluding steroid dienone is 1. The van der Waals surface area contributed by atoms with Gasteiger partial charge in [0.15, 0.2) is 0 Å². The molecule has 1 aromatic heterocycles. The van der Waals surface area contributed by atoms with Crippen LogP contribution < -0.4 is 10.6 Å². The van der Waals surface area contributed by atoms with E-state index in [-0.39, 0.29) is 0 Å². The number of hydrogen-bond acceptors (Lipinski definition) is 4. The molecule has 0 atom stereocenters. The van der Waals surface area contributed by atoms with Gasteiger partial charge in [-0.05, 0) is 26.0 Å². The zero-order chi connectivity index (χ0) is 13.5. The number of nitrogens with one attached hydrogen (secondary N) is 2. The van der Waals surface area contributed by atoms with Crippen LogP contribution in [0.15, 0.2) is 48.6 Å². The highest BCUT2D eigenvalue weighted by molar-refractivity contribution is 5.57. The van der Waals surface area contributed by atoms with Crippen LogP contribution in [0, 0.1) is 6.92 Å². The molecule has 19 heavy (non-hydrogen) atoms. The molecule has 0 radical (unpaired) electrons. The first-order valence-corrected chi connectivity index (χ1v) is 6.30. The van der Waals surface area contributed by atoms with Crippen LogP contribution in [0.2, 0.25) is 0 Å².